The largest absolute Gasteiger partial charge is 0.378 e. The fraction of sp³-hybridized carbons (Fsp3) is 0.300. The number of hydrogen-bond donors (Lipinski definition) is 1. The Hall–Kier alpha value is -2.09. The number of fused-ring (bicyclic) bond motifs is 3. The Morgan fingerprint density at radius 1 is 1.14 bits per heavy atom. The highest BCUT2D eigenvalue weighted by atomic mass is 19.1. The molecule has 1 nitrogen and oxygen atoms in total. The van der Waals surface area contributed by atoms with E-state index in [2.05, 4.69) is 42.6 Å². The van der Waals surface area contributed by atoms with Gasteiger partial charge in [-0.25, -0.2) is 4.39 Å². The van der Waals surface area contributed by atoms with E-state index in [1.807, 2.05) is 12.1 Å². The van der Waals surface area contributed by atoms with E-state index in [-0.39, 0.29) is 11.9 Å². The number of allylic oxidation sites excluding steroid dienone is 2. The van der Waals surface area contributed by atoms with Gasteiger partial charge in [-0.05, 0) is 53.6 Å². The van der Waals surface area contributed by atoms with E-state index in [1.165, 1.54) is 22.4 Å². The summed E-state index contributed by atoms with van der Waals surface area (Å²) in [6.07, 6.45) is 6.78. The number of benzene rings is 2. The van der Waals surface area contributed by atoms with Crippen molar-refractivity contribution in [1.82, 2.24) is 0 Å². The molecule has 1 aliphatic heterocycles. The molecule has 2 heteroatoms. The van der Waals surface area contributed by atoms with Crippen molar-refractivity contribution >= 4 is 5.69 Å². The van der Waals surface area contributed by atoms with Crippen molar-refractivity contribution in [2.75, 3.05) is 5.32 Å². The van der Waals surface area contributed by atoms with Crippen molar-refractivity contribution in [3.05, 3.63) is 77.1 Å². The van der Waals surface area contributed by atoms with Crippen LogP contribution in [-0.4, -0.2) is 0 Å². The Bertz CT molecular complexity index is 717. The number of rotatable bonds is 2. The molecule has 0 saturated carbocycles. The van der Waals surface area contributed by atoms with Crippen LogP contribution in [0.15, 0.2) is 54.6 Å². The lowest BCUT2D eigenvalue weighted by molar-refractivity contribution is 0.425. The first kappa shape index (κ1) is 13.6. The zero-order chi connectivity index (χ0) is 15.1. The van der Waals surface area contributed by atoms with Crippen LogP contribution >= 0.6 is 0 Å². The van der Waals surface area contributed by atoms with E-state index >= 15 is 0 Å². The number of hydrogen-bond acceptors (Lipinski definition) is 1. The van der Waals surface area contributed by atoms with E-state index in [1.54, 1.807) is 12.1 Å². The van der Waals surface area contributed by atoms with Crippen molar-refractivity contribution in [1.29, 1.82) is 0 Å². The molecule has 1 heterocycles. The molecule has 2 aromatic rings. The van der Waals surface area contributed by atoms with Gasteiger partial charge in [0.2, 0.25) is 0 Å². The quantitative estimate of drug-likeness (QED) is 0.749. The van der Waals surface area contributed by atoms with Crippen LogP contribution in [-0.2, 0) is 6.42 Å². The molecular weight excluding hydrogens is 273 g/mol. The van der Waals surface area contributed by atoms with Crippen LogP contribution in [0.2, 0.25) is 0 Å². The maximum atomic E-state index is 13.2. The Balaban J connectivity index is 1.76. The predicted octanol–water partition coefficient (Wildman–Crippen LogP) is 5.21. The SMILES string of the molecule is CCc1ccc2c(c1)[C@@H]1C=CC[C@@H]1[C@H](c1ccc(F)cc1)N2. The second kappa shape index (κ2) is 5.28. The smallest absolute Gasteiger partial charge is 0.123 e. The molecule has 0 fully saturated rings. The summed E-state index contributed by atoms with van der Waals surface area (Å²) in [4.78, 5) is 0. The molecule has 0 radical (unpaired) electrons. The maximum Gasteiger partial charge on any atom is 0.123 e. The average molecular weight is 293 g/mol. The molecule has 0 bridgehead atoms. The Kier molecular flexibility index (Phi) is 3.25. The van der Waals surface area contributed by atoms with E-state index in [0.717, 1.165) is 12.8 Å². The second-order valence-electron chi connectivity index (χ2n) is 6.30. The minimum Gasteiger partial charge on any atom is -0.378 e. The number of anilines is 1. The van der Waals surface area contributed by atoms with Gasteiger partial charge in [0, 0.05) is 11.6 Å². The third-order valence-electron chi connectivity index (χ3n) is 5.06. The zero-order valence-electron chi connectivity index (χ0n) is 12.7. The van der Waals surface area contributed by atoms with Crippen LogP contribution in [0.3, 0.4) is 0 Å². The lowest BCUT2D eigenvalue weighted by atomic mass is 9.76. The summed E-state index contributed by atoms with van der Waals surface area (Å²) in [6, 6.07) is 13.9. The van der Waals surface area contributed by atoms with Gasteiger partial charge in [-0.15, -0.1) is 0 Å². The van der Waals surface area contributed by atoms with E-state index < -0.39 is 0 Å². The minimum absolute atomic E-state index is 0.173. The Morgan fingerprint density at radius 2 is 1.95 bits per heavy atom. The third kappa shape index (κ3) is 2.14. The lowest BCUT2D eigenvalue weighted by Gasteiger charge is -2.37. The predicted molar refractivity (Wildman–Crippen MR) is 88.6 cm³/mol. The van der Waals surface area contributed by atoms with Gasteiger partial charge in [-0.1, -0.05) is 43.3 Å². The molecular formula is C20H20FN. The summed E-state index contributed by atoms with van der Waals surface area (Å²) in [6.45, 7) is 2.20. The van der Waals surface area contributed by atoms with Crippen molar-refractivity contribution in [2.24, 2.45) is 5.92 Å². The van der Waals surface area contributed by atoms with Crippen LogP contribution in [0.5, 0.6) is 0 Å². The van der Waals surface area contributed by atoms with Crippen LogP contribution in [0.25, 0.3) is 0 Å². The highest BCUT2D eigenvalue weighted by Gasteiger charge is 2.37. The number of aryl methyl sites for hydroxylation is 1. The summed E-state index contributed by atoms with van der Waals surface area (Å²) in [5.74, 6) is 0.816. The monoisotopic (exact) mass is 293 g/mol. The van der Waals surface area contributed by atoms with Gasteiger partial charge in [0.15, 0.2) is 0 Å². The fourth-order valence-corrected chi connectivity index (χ4v) is 3.86. The molecule has 3 atom stereocenters. The topological polar surface area (TPSA) is 12.0 Å². The first-order valence-electron chi connectivity index (χ1n) is 8.07. The number of nitrogens with one attached hydrogen (secondary N) is 1. The van der Waals surface area contributed by atoms with Gasteiger partial charge in [0.1, 0.15) is 5.82 Å². The van der Waals surface area contributed by atoms with Crippen LogP contribution in [0.1, 0.15) is 42.0 Å². The summed E-state index contributed by atoms with van der Waals surface area (Å²) in [5, 5.41) is 3.69. The molecule has 0 spiro atoms. The molecule has 2 aliphatic rings. The minimum atomic E-state index is -0.173. The van der Waals surface area contributed by atoms with Crippen molar-refractivity contribution in [2.45, 2.75) is 31.7 Å². The molecule has 0 amide bonds. The van der Waals surface area contributed by atoms with E-state index in [4.69, 9.17) is 0 Å². The van der Waals surface area contributed by atoms with Crippen LogP contribution in [0.4, 0.5) is 10.1 Å². The normalized spacial score (nSPS) is 25.5. The van der Waals surface area contributed by atoms with Gasteiger partial charge in [0.05, 0.1) is 6.04 Å². The molecule has 4 rings (SSSR count). The first-order valence-corrected chi connectivity index (χ1v) is 8.07. The molecule has 2 aromatic carbocycles. The summed E-state index contributed by atoms with van der Waals surface area (Å²) < 4.78 is 13.2. The van der Waals surface area contributed by atoms with Gasteiger partial charge in [-0.2, -0.15) is 0 Å². The summed E-state index contributed by atoms with van der Waals surface area (Å²) >= 11 is 0. The fourth-order valence-electron chi connectivity index (χ4n) is 3.86. The van der Waals surface area contributed by atoms with Gasteiger partial charge < -0.3 is 5.32 Å². The van der Waals surface area contributed by atoms with Gasteiger partial charge >= 0.3 is 0 Å². The Labute approximate surface area is 130 Å². The first-order chi connectivity index (χ1) is 10.8. The van der Waals surface area contributed by atoms with Gasteiger partial charge in [-0.3, -0.25) is 0 Å². The average Bonchev–Trinajstić information content (AvgIpc) is 3.04. The number of halogens is 1. The molecule has 0 aromatic heterocycles. The zero-order valence-corrected chi connectivity index (χ0v) is 12.7. The van der Waals surface area contributed by atoms with Crippen molar-refractivity contribution in [3.63, 3.8) is 0 Å². The molecule has 1 N–H and O–H groups in total. The maximum absolute atomic E-state index is 13.2. The van der Waals surface area contributed by atoms with Crippen LogP contribution in [0, 0.1) is 11.7 Å². The Morgan fingerprint density at radius 3 is 2.73 bits per heavy atom. The standard InChI is InChI=1S/C20H20FN/c1-2-13-6-11-19-18(12-13)16-4-3-5-17(16)20(22-19)14-7-9-15(21)10-8-14/h3-4,6-12,16-17,20,22H,2,5H2,1H3/t16-,17+,20+/m1/s1. The van der Waals surface area contributed by atoms with E-state index in [0.29, 0.717) is 11.8 Å². The lowest BCUT2D eigenvalue weighted by Crippen LogP contribution is -2.29. The molecule has 0 unspecified atom stereocenters. The highest BCUT2D eigenvalue weighted by molar-refractivity contribution is 5.60. The molecule has 0 saturated heterocycles. The molecule has 112 valence electrons. The third-order valence-corrected chi connectivity index (χ3v) is 5.06. The van der Waals surface area contributed by atoms with Crippen molar-refractivity contribution < 1.29 is 4.39 Å². The van der Waals surface area contributed by atoms with Gasteiger partial charge in [0.25, 0.3) is 0 Å². The second-order valence-corrected chi connectivity index (χ2v) is 6.30. The summed E-state index contributed by atoms with van der Waals surface area (Å²) in [7, 11) is 0. The molecule has 22 heavy (non-hydrogen) atoms. The summed E-state index contributed by atoms with van der Waals surface area (Å²) in [5.41, 5.74) is 5.20. The molecule has 1 aliphatic carbocycles. The van der Waals surface area contributed by atoms with Crippen LogP contribution < -0.4 is 5.32 Å². The van der Waals surface area contributed by atoms with E-state index in [9.17, 15) is 4.39 Å². The van der Waals surface area contributed by atoms with Crippen molar-refractivity contribution in [3.8, 4) is 0 Å². The highest BCUT2D eigenvalue weighted by Crippen LogP contribution is 2.49.